The minimum atomic E-state index is -3.35. The Kier molecular flexibility index (Phi) is 10.5. The second-order valence-corrected chi connectivity index (χ2v) is 19.2. The minimum absolute atomic E-state index is 0.000639. The van der Waals surface area contributed by atoms with Crippen molar-refractivity contribution in [3.05, 3.63) is 95.1 Å². The summed E-state index contributed by atoms with van der Waals surface area (Å²) in [4.78, 5) is 0. The Morgan fingerprint density at radius 3 is 1.51 bits per heavy atom. The molecule has 3 rings (SSSR count). The van der Waals surface area contributed by atoms with Crippen LogP contribution in [0.15, 0.2) is 72.8 Å². The van der Waals surface area contributed by atoms with E-state index in [9.17, 15) is 8.42 Å². The lowest BCUT2D eigenvalue weighted by molar-refractivity contribution is -0.0293. The number of ether oxygens (including phenoxy) is 3. The molecule has 0 heterocycles. The van der Waals surface area contributed by atoms with Crippen LogP contribution in [0.5, 0.6) is 11.5 Å². The van der Waals surface area contributed by atoms with Crippen LogP contribution in [0.25, 0.3) is 0 Å². The van der Waals surface area contributed by atoms with Crippen molar-refractivity contribution in [2.24, 2.45) is 0 Å². The normalized spacial score (nSPS) is 12.9. The Hall–Kier alpha value is -2.65. The first-order chi connectivity index (χ1) is 19.1. The van der Waals surface area contributed by atoms with Gasteiger partial charge in [-0.25, -0.2) is 8.42 Å². The van der Waals surface area contributed by atoms with E-state index < -0.39 is 23.8 Å². The van der Waals surface area contributed by atoms with Crippen molar-refractivity contribution in [3.63, 3.8) is 0 Å². The van der Waals surface area contributed by atoms with E-state index >= 15 is 0 Å². The topological polar surface area (TPSA) is 71.1 Å². The van der Waals surface area contributed by atoms with Crippen molar-refractivity contribution in [1.82, 2.24) is 0 Å². The first-order valence-electron chi connectivity index (χ1n) is 14.0. The van der Waals surface area contributed by atoms with Crippen molar-refractivity contribution < 1.29 is 27.1 Å². The number of hydrogen-bond acceptors (Lipinski definition) is 6. The summed E-state index contributed by atoms with van der Waals surface area (Å²) >= 11 is 0. The van der Waals surface area contributed by atoms with Crippen LogP contribution in [-0.2, 0) is 30.4 Å². The molecular formula is C33H46O6SSi. The highest BCUT2D eigenvalue weighted by atomic mass is 32.2. The molecule has 0 saturated carbocycles. The lowest BCUT2D eigenvalue weighted by Gasteiger charge is -2.37. The average molecular weight is 599 g/mol. The molecule has 0 radical (unpaired) electrons. The molecular weight excluding hydrogens is 553 g/mol. The van der Waals surface area contributed by atoms with E-state index in [4.69, 9.17) is 18.6 Å². The first kappa shape index (κ1) is 32.9. The molecule has 0 atom stereocenters. The number of sulfone groups is 1. The Labute approximate surface area is 248 Å². The van der Waals surface area contributed by atoms with Crippen LogP contribution >= 0.6 is 0 Å². The largest absolute Gasteiger partial charge is 0.497 e. The molecule has 41 heavy (non-hydrogen) atoms. The summed E-state index contributed by atoms with van der Waals surface area (Å²) in [6.45, 7) is 15.0. The van der Waals surface area contributed by atoms with E-state index in [1.807, 2.05) is 86.6 Å². The van der Waals surface area contributed by atoms with Gasteiger partial charge in [0.25, 0.3) is 0 Å². The van der Waals surface area contributed by atoms with Crippen molar-refractivity contribution in [1.29, 1.82) is 0 Å². The summed E-state index contributed by atoms with van der Waals surface area (Å²) < 4.78 is 49.8. The molecule has 8 heteroatoms. The van der Waals surface area contributed by atoms with Gasteiger partial charge in [-0.05, 0) is 78.5 Å². The zero-order chi connectivity index (χ0) is 30.5. The molecule has 0 saturated heterocycles. The quantitative estimate of drug-likeness (QED) is 0.151. The van der Waals surface area contributed by atoms with Crippen LogP contribution in [0.4, 0.5) is 0 Å². The fourth-order valence-electron chi connectivity index (χ4n) is 4.51. The van der Waals surface area contributed by atoms with Gasteiger partial charge < -0.3 is 18.6 Å². The van der Waals surface area contributed by atoms with Crippen LogP contribution in [-0.4, -0.2) is 49.4 Å². The first-order valence-corrected chi connectivity index (χ1v) is 18.8. The predicted octanol–water partition coefficient (Wildman–Crippen LogP) is 7.36. The molecule has 0 N–H and O–H groups in total. The van der Waals surface area contributed by atoms with E-state index in [0.29, 0.717) is 0 Å². The van der Waals surface area contributed by atoms with Gasteiger partial charge in [-0.15, -0.1) is 0 Å². The molecule has 3 aromatic carbocycles. The van der Waals surface area contributed by atoms with Gasteiger partial charge in [-0.3, -0.25) is 0 Å². The molecule has 224 valence electrons. The molecule has 0 spiro atoms. The van der Waals surface area contributed by atoms with Gasteiger partial charge in [0.15, 0.2) is 18.2 Å². The standard InChI is InChI=1S/C33H46O6SSi/c1-25(2)39-33(28-14-18-30(36-6)19-15-28,29-16-20-31(37-7)21-17-29)27-12-10-26(11-13-27)24-40(34,35)23-22-38-41(8,9)32(3,4)5/h10-21,25H,22-24H2,1-9H3. The fourth-order valence-corrected chi connectivity index (χ4v) is 6.89. The van der Waals surface area contributed by atoms with E-state index in [2.05, 4.69) is 33.9 Å². The van der Waals surface area contributed by atoms with Crippen molar-refractivity contribution >= 4 is 18.2 Å². The molecule has 0 bridgehead atoms. The Morgan fingerprint density at radius 1 is 0.732 bits per heavy atom. The zero-order valence-electron chi connectivity index (χ0n) is 26.0. The molecule has 3 aromatic rings. The number of methoxy groups -OCH3 is 2. The molecule has 0 aliphatic carbocycles. The zero-order valence-corrected chi connectivity index (χ0v) is 27.8. The Morgan fingerprint density at radius 2 is 1.15 bits per heavy atom. The third-order valence-electron chi connectivity index (χ3n) is 7.82. The third kappa shape index (κ3) is 8.01. The fraction of sp³-hybridized carbons (Fsp3) is 0.455. The molecule has 0 fully saturated rings. The number of rotatable bonds is 13. The van der Waals surface area contributed by atoms with Crippen molar-refractivity contribution in [3.8, 4) is 11.5 Å². The summed E-state index contributed by atoms with van der Waals surface area (Å²) in [7, 11) is -2.08. The maximum Gasteiger partial charge on any atom is 0.192 e. The molecule has 0 aromatic heterocycles. The highest BCUT2D eigenvalue weighted by molar-refractivity contribution is 7.90. The summed E-state index contributed by atoms with van der Waals surface area (Å²) in [5, 5.41) is 0.0327. The van der Waals surface area contributed by atoms with Crippen LogP contribution in [0.2, 0.25) is 18.1 Å². The second-order valence-electron chi connectivity index (χ2n) is 12.2. The second kappa shape index (κ2) is 13.1. The summed E-state index contributed by atoms with van der Waals surface area (Å²) in [6, 6.07) is 23.4. The van der Waals surface area contributed by atoms with Gasteiger partial charge in [0.05, 0.1) is 31.8 Å². The van der Waals surface area contributed by atoms with E-state index in [1.165, 1.54) is 0 Å². The molecule has 0 unspecified atom stereocenters. The number of benzene rings is 3. The van der Waals surface area contributed by atoms with E-state index in [0.717, 1.165) is 33.8 Å². The van der Waals surface area contributed by atoms with Crippen LogP contribution in [0.3, 0.4) is 0 Å². The van der Waals surface area contributed by atoms with Gasteiger partial charge >= 0.3 is 0 Å². The highest BCUT2D eigenvalue weighted by Crippen LogP contribution is 2.43. The molecule has 6 nitrogen and oxygen atoms in total. The van der Waals surface area contributed by atoms with Gasteiger partial charge in [-0.1, -0.05) is 69.3 Å². The van der Waals surface area contributed by atoms with Crippen molar-refractivity contribution in [2.75, 3.05) is 26.6 Å². The predicted molar refractivity (Wildman–Crippen MR) is 169 cm³/mol. The minimum Gasteiger partial charge on any atom is -0.497 e. The van der Waals surface area contributed by atoms with Crippen LogP contribution < -0.4 is 9.47 Å². The summed E-state index contributed by atoms with van der Waals surface area (Å²) in [6.07, 6.45) is -0.111. The van der Waals surface area contributed by atoms with Gasteiger partial charge in [0, 0.05) is 6.61 Å². The monoisotopic (exact) mass is 598 g/mol. The lowest BCUT2D eigenvalue weighted by Crippen LogP contribution is -2.41. The summed E-state index contributed by atoms with van der Waals surface area (Å²) in [5.41, 5.74) is 2.54. The highest BCUT2D eigenvalue weighted by Gasteiger charge is 2.39. The number of hydrogen-bond donors (Lipinski definition) is 0. The molecule has 0 aliphatic heterocycles. The smallest absolute Gasteiger partial charge is 0.192 e. The average Bonchev–Trinajstić information content (AvgIpc) is 2.91. The lowest BCUT2D eigenvalue weighted by atomic mass is 9.79. The SMILES string of the molecule is COc1ccc(C(OC(C)C)(c2ccc(CS(=O)(=O)CCO[Si](C)(C)C(C)(C)C)cc2)c2ccc(OC)cc2)cc1. The van der Waals surface area contributed by atoms with Crippen LogP contribution in [0, 0.1) is 0 Å². The Bertz CT molecular complexity index is 1310. The Balaban J connectivity index is 1.96. The van der Waals surface area contributed by atoms with E-state index in [-0.39, 0.29) is 29.3 Å². The maximum atomic E-state index is 13.0. The van der Waals surface area contributed by atoms with Gasteiger partial charge in [0.1, 0.15) is 17.1 Å². The van der Waals surface area contributed by atoms with E-state index in [1.54, 1.807) is 14.2 Å². The molecule has 0 amide bonds. The summed E-state index contributed by atoms with van der Waals surface area (Å²) in [5.74, 6) is 1.45. The van der Waals surface area contributed by atoms with Gasteiger partial charge in [-0.2, -0.15) is 0 Å². The van der Waals surface area contributed by atoms with Crippen molar-refractivity contribution in [2.45, 2.75) is 70.2 Å². The van der Waals surface area contributed by atoms with Crippen LogP contribution in [0.1, 0.15) is 56.9 Å². The molecule has 0 aliphatic rings. The maximum absolute atomic E-state index is 13.0. The third-order valence-corrected chi connectivity index (χ3v) is 13.9. The van der Waals surface area contributed by atoms with Gasteiger partial charge in [0.2, 0.25) is 0 Å².